The van der Waals surface area contributed by atoms with Crippen molar-refractivity contribution in [2.45, 2.75) is 31.3 Å². The van der Waals surface area contributed by atoms with Crippen LogP contribution in [0.5, 0.6) is 0 Å². The number of morpholine rings is 1. The van der Waals surface area contributed by atoms with Crippen LogP contribution in [0.1, 0.15) is 30.2 Å². The maximum Gasteiger partial charge on any atom is 0.371 e. The summed E-state index contributed by atoms with van der Waals surface area (Å²) in [6.07, 6.45) is 0. The van der Waals surface area contributed by atoms with Crippen molar-refractivity contribution in [3.05, 3.63) is 17.6 Å². The van der Waals surface area contributed by atoms with Crippen LogP contribution in [0.2, 0.25) is 0 Å². The molecule has 1 N–H and O–H groups in total. The van der Waals surface area contributed by atoms with Crippen LogP contribution in [-0.4, -0.2) is 49.1 Å². The summed E-state index contributed by atoms with van der Waals surface area (Å²) < 4.78 is 36.8. The van der Waals surface area contributed by atoms with Crippen molar-refractivity contribution in [3.8, 4) is 0 Å². The largest absolute Gasteiger partial charge is 0.475 e. The summed E-state index contributed by atoms with van der Waals surface area (Å²) in [6.45, 7) is 5.79. The fourth-order valence-electron chi connectivity index (χ4n) is 2.14. The number of furan rings is 1. The van der Waals surface area contributed by atoms with E-state index in [0.29, 0.717) is 6.61 Å². The number of ether oxygens (including phenoxy) is 1. The van der Waals surface area contributed by atoms with Crippen molar-refractivity contribution in [1.82, 2.24) is 4.31 Å². The molecular formula is C12H17NO6S. The van der Waals surface area contributed by atoms with Crippen LogP contribution in [-0.2, 0) is 14.8 Å². The van der Waals surface area contributed by atoms with Crippen LogP contribution in [0.15, 0.2) is 15.4 Å². The van der Waals surface area contributed by atoms with Crippen molar-refractivity contribution in [2.75, 3.05) is 19.7 Å². The quantitative estimate of drug-likeness (QED) is 0.897. The van der Waals surface area contributed by atoms with Gasteiger partial charge in [0, 0.05) is 19.2 Å². The molecule has 1 aliphatic rings. The molecule has 1 aromatic rings. The molecule has 8 heteroatoms. The monoisotopic (exact) mass is 303 g/mol. The smallest absolute Gasteiger partial charge is 0.371 e. The number of carboxylic acids is 1. The van der Waals surface area contributed by atoms with Crippen LogP contribution in [0.4, 0.5) is 0 Å². The highest BCUT2D eigenvalue weighted by Crippen LogP contribution is 2.27. The van der Waals surface area contributed by atoms with E-state index >= 15 is 0 Å². The lowest BCUT2D eigenvalue weighted by Gasteiger charge is -2.37. The third kappa shape index (κ3) is 2.72. The van der Waals surface area contributed by atoms with Gasteiger partial charge >= 0.3 is 5.97 Å². The Bertz CT molecular complexity index is 630. The van der Waals surface area contributed by atoms with Gasteiger partial charge in [-0.3, -0.25) is 0 Å². The number of carboxylic acid groups (broad SMARTS) is 1. The highest BCUT2D eigenvalue weighted by Gasteiger charge is 2.37. The lowest BCUT2D eigenvalue weighted by Crippen LogP contribution is -2.50. The molecule has 0 spiro atoms. The first-order chi connectivity index (χ1) is 9.13. The topological polar surface area (TPSA) is 97.0 Å². The van der Waals surface area contributed by atoms with Gasteiger partial charge in [0.25, 0.3) is 0 Å². The van der Waals surface area contributed by atoms with E-state index in [1.165, 1.54) is 11.2 Å². The van der Waals surface area contributed by atoms with Gasteiger partial charge in [-0.15, -0.1) is 0 Å². The zero-order valence-electron chi connectivity index (χ0n) is 11.5. The number of hydrogen-bond donors (Lipinski definition) is 1. The first-order valence-corrected chi connectivity index (χ1v) is 7.55. The molecule has 1 aromatic heterocycles. The third-order valence-electron chi connectivity index (χ3n) is 3.09. The second-order valence-electron chi connectivity index (χ2n) is 5.28. The van der Waals surface area contributed by atoms with Gasteiger partial charge in [0.15, 0.2) is 0 Å². The molecule has 0 aromatic carbocycles. The second-order valence-corrected chi connectivity index (χ2v) is 7.19. The van der Waals surface area contributed by atoms with E-state index in [2.05, 4.69) is 0 Å². The van der Waals surface area contributed by atoms with Crippen molar-refractivity contribution < 1.29 is 27.5 Å². The minimum Gasteiger partial charge on any atom is -0.475 e. The molecule has 1 aliphatic heterocycles. The third-order valence-corrected chi connectivity index (χ3v) is 5.04. The average Bonchev–Trinajstić information content (AvgIpc) is 2.71. The summed E-state index contributed by atoms with van der Waals surface area (Å²) >= 11 is 0. The van der Waals surface area contributed by atoms with Crippen molar-refractivity contribution in [1.29, 1.82) is 0 Å². The van der Waals surface area contributed by atoms with Crippen LogP contribution in [0, 0.1) is 6.92 Å². The fourth-order valence-corrected chi connectivity index (χ4v) is 3.88. The van der Waals surface area contributed by atoms with Crippen LogP contribution in [0.25, 0.3) is 0 Å². The molecule has 0 bridgehead atoms. The molecular weight excluding hydrogens is 286 g/mol. The van der Waals surface area contributed by atoms with Crippen LogP contribution in [0.3, 0.4) is 0 Å². The van der Waals surface area contributed by atoms with Crippen molar-refractivity contribution in [2.24, 2.45) is 0 Å². The molecule has 0 radical (unpaired) electrons. The molecule has 112 valence electrons. The van der Waals surface area contributed by atoms with Gasteiger partial charge in [-0.2, -0.15) is 4.31 Å². The van der Waals surface area contributed by atoms with E-state index in [-0.39, 0.29) is 29.5 Å². The lowest BCUT2D eigenvalue weighted by atomic mass is 10.1. The number of hydrogen-bond acceptors (Lipinski definition) is 5. The Morgan fingerprint density at radius 2 is 2.10 bits per heavy atom. The Morgan fingerprint density at radius 1 is 1.45 bits per heavy atom. The fraction of sp³-hybridized carbons (Fsp3) is 0.583. The van der Waals surface area contributed by atoms with E-state index in [1.807, 2.05) is 0 Å². The molecule has 1 fully saturated rings. The summed E-state index contributed by atoms with van der Waals surface area (Å²) in [5.41, 5.74) is -0.571. The minimum absolute atomic E-state index is 0.0756. The molecule has 1 saturated heterocycles. The van der Waals surface area contributed by atoms with Crippen LogP contribution >= 0.6 is 0 Å². The zero-order valence-corrected chi connectivity index (χ0v) is 12.4. The minimum atomic E-state index is -3.78. The summed E-state index contributed by atoms with van der Waals surface area (Å²) in [6, 6.07) is 1.05. The van der Waals surface area contributed by atoms with Gasteiger partial charge in [-0.1, -0.05) is 0 Å². The standard InChI is InChI=1S/C12H17NO6S/c1-8-10(6-9(19-8)11(14)15)20(16,17)13-4-5-18-12(2,3)7-13/h6H,4-5,7H2,1-3H3,(H,14,15). The Hall–Kier alpha value is -1.38. The molecule has 0 saturated carbocycles. The van der Waals surface area contributed by atoms with E-state index < -0.39 is 21.6 Å². The van der Waals surface area contributed by atoms with Gasteiger partial charge in [-0.25, -0.2) is 13.2 Å². The number of aryl methyl sites for hydroxylation is 1. The molecule has 0 unspecified atom stereocenters. The zero-order chi connectivity index (χ0) is 15.1. The first-order valence-electron chi connectivity index (χ1n) is 6.11. The van der Waals surface area contributed by atoms with Gasteiger partial charge in [0.2, 0.25) is 15.8 Å². The molecule has 0 aliphatic carbocycles. The Morgan fingerprint density at radius 3 is 2.60 bits per heavy atom. The molecule has 0 atom stereocenters. The Labute approximate surface area is 117 Å². The number of sulfonamides is 1. The maximum absolute atomic E-state index is 12.5. The first kappa shape index (κ1) is 15.0. The predicted octanol–water partition coefficient (Wildman–Crippen LogP) is 1.09. The van der Waals surface area contributed by atoms with Crippen molar-refractivity contribution in [3.63, 3.8) is 0 Å². The lowest BCUT2D eigenvalue weighted by molar-refractivity contribution is -0.0640. The summed E-state index contributed by atoms with van der Waals surface area (Å²) in [4.78, 5) is 10.7. The summed E-state index contributed by atoms with van der Waals surface area (Å²) in [5, 5.41) is 8.86. The van der Waals surface area contributed by atoms with Crippen LogP contribution < -0.4 is 0 Å². The van der Waals surface area contributed by atoms with E-state index in [9.17, 15) is 13.2 Å². The maximum atomic E-state index is 12.5. The molecule has 0 amide bonds. The SMILES string of the molecule is Cc1oc(C(=O)O)cc1S(=O)(=O)N1CCOC(C)(C)C1. The average molecular weight is 303 g/mol. The highest BCUT2D eigenvalue weighted by atomic mass is 32.2. The number of aromatic carboxylic acids is 1. The van der Waals surface area contributed by atoms with Gasteiger partial charge < -0.3 is 14.3 Å². The molecule has 20 heavy (non-hydrogen) atoms. The Balaban J connectivity index is 2.37. The summed E-state index contributed by atoms with van der Waals surface area (Å²) in [5.74, 6) is -1.60. The second kappa shape index (κ2) is 4.87. The molecule has 2 heterocycles. The molecule has 2 rings (SSSR count). The summed E-state index contributed by atoms with van der Waals surface area (Å²) in [7, 11) is -3.78. The predicted molar refractivity (Wildman–Crippen MR) is 69.2 cm³/mol. The number of nitrogens with zero attached hydrogens (tertiary/aromatic N) is 1. The van der Waals surface area contributed by atoms with Crippen molar-refractivity contribution >= 4 is 16.0 Å². The van der Waals surface area contributed by atoms with Gasteiger partial charge in [0.05, 0.1) is 12.2 Å². The number of carbonyl (C=O) groups is 1. The van der Waals surface area contributed by atoms with E-state index in [1.54, 1.807) is 13.8 Å². The molecule has 7 nitrogen and oxygen atoms in total. The van der Waals surface area contributed by atoms with Gasteiger partial charge in [0.1, 0.15) is 10.7 Å². The van der Waals surface area contributed by atoms with Gasteiger partial charge in [-0.05, 0) is 20.8 Å². The normalized spacial score (nSPS) is 19.9. The van der Waals surface area contributed by atoms with E-state index in [0.717, 1.165) is 6.07 Å². The van der Waals surface area contributed by atoms with E-state index in [4.69, 9.17) is 14.3 Å². The Kier molecular flexibility index (Phi) is 3.66. The number of rotatable bonds is 3. The highest BCUT2D eigenvalue weighted by molar-refractivity contribution is 7.89.